The van der Waals surface area contributed by atoms with Crippen molar-refractivity contribution in [1.29, 1.82) is 0 Å². The quantitative estimate of drug-likeness (QED) is 0.546. The van der Waals surface area contributed by atoms with Gasteiger partial charge in [-0.1, -0.05) is 34.6 Å². The number of fused-ring (bicyclic) bond motifs is 1. The molecule has 1 aliphatic heterocycles. The van der Waals surface area contributed by atoms with Crippen LogP contribution < -0.4 is 14.8 Å². The molecule has 0 fully saturated rings. The fraction of sp³-hybridized carbons (Fsp3) is 0.286. The number of oxime groups is 2. The summed E-state index contributed by atoms with van der Waals surface area (Å²) < 4.78 is 11.6. The Bertz CT molecular complexity index is 940. The van der Waals surface area contributed by atoms with Gasteiger partial charge in [0.15, 0.2) is 5.71 Å². The standard InChI is InChI=1S/C21H23N3O5/c1-4-29-23-18-13-28-19-11-15(9-10-17(18)19)27-12-14-7-5-6-8-16(14)20(24-26-3)21(25)22-2/h5-11H,4,12-13H2,1-3H3,(H,22,25)/b23-18-,24-20+. The minimum absolute atomic E-state index is 0.184. The van der Waals surface area contributed by atoms with Crippen molar-refractivity contribution in [2.24, 2.45) is 10.3 Å². The Morgan fingerprint density at radius 3 is 2.83 bits per heavy atom. The molecule has 2 aromatic rings. The van der Waals surface area contributed by atoms with Crippen LogP contribution in [0.2, 0.25) is 0 Å². The van der Waals surface area contributed by atoms with E-state index < -0.39 is 0 Å². The molecule has 0 atom stereocenters. The molecule has 1 heterocycles. The second-order valence-corrected chi connectivity index (χ2v) is 6.05. The number of likely N-dealkylation sites (N-methyl/N-ethyl adjacent to an activating group) is 1. The molecule has 0 aliphatic carbocycles. The molecule has 0 radical (unpaired) electrons. The topological polar surface area (TPSA) is 90.7 Å². The van der Waals surface area contributed by atoms with Crippen LogP contribution in [0.3, 0.4) is 0 Å². The van der Waals surface area contributed by atoms with Crippen molar-refractivity contribution in [2.75, 3.05) is 27.4 Å². The predicted molar refractivity (Wildman–Crippen MR) is 108 cm³/mol. The average Bonchev–Trinajstić information content (AvgIpc) is 3.16. The van der Waals surface area contributed by atoms with Crippen LogP contribution >= 0.6 is 0 Å². The zero-order chi connectivity index (χ0) is 20.6. The van der Waals surface area contributed by atoms with Gasteiger partial charge in [-0.25, -0.2) is 0 Å². The van der Waals surface area contributed by atoms with Gasteiger partial charge >= 0.3 is 0 Å². The summed E-state index contributed by atoms with van der Waals surface area (Å²) >= 11 is 0. The lowest BCUT2D eigenvalue weighted by Crippen LogP contribution is -2.29. The lowest BCUT2D eigenvalue weighted by molar-refractivity contribution is -0.114. The van der Waals surface area contributed by atoms with Gasteiger partial charge < -0.3 is 24.5 Å². The first-order valence-corrected chi connectivity index (χ1v) is 9.18. The zero-order valence-electron chi connectivity index (χ0n) is 16.6. The van der Waals surface area contributed by atoms with Crippen LogP contribution in [0.15, 0.2) is 52.8 Å². The number of hydrogen-bond acceptors (Lipinski definition) is 7. The number of nitrogens with one attached hydrogen (secondary N) is 1. The zero-order valence-corrected chi connectivity index (χ0v) is 16.6. The number of nitrogens with zero attached hydrogens (tertiary/aromatic N) is 2. The number of carbonyl (C=O) groups is 1. The van der Waals surface area contributed by atoms with E-state index in [4.69, 9.17) is 19.1 Å². The Kier molecular flexibility index (Phi) is 6.67. The lowest BCUT2D eigenvalue weighted by atomic mass is 10.0. The van der Waals surface area contributed by atoms with E-state index in [1.54, 1.807) is 13.1 Å². The highest BCUT2D eigenvalue weighted by atomic mass is 16.6. The summed E-state index contributed by atoms with van der Waals surface area (Å²) in [6, 6.07) is 12.9. The molecule has 0 aromatic heterocycles. The van der Waals surface area contributed by atoms with E-state index in [2.05, 4.69) is 15.6 Å². The van der Waals surface area contributed by atoms with E-state index in [9.17, 15) is 4.79 Å². The molecule has 152 valence electrons. The largest absolute Gasteiger partial charge is 0.489 e. The Hall–Kier alpha value is -3.55. The highest BCUT2D eigenvalue weighted by Crippen LogP contribution is 2.30. The van der Waals surface area contributed by atoms with Gasteiger partial charge in [0, 0.05) is 24.2 Å². The third-order valence-corrected chi connectivity index (χ3v) is 4.22. The van der Waals surface area contributed by atoms with E-state index in [1.165, 1.54) is 7.11 Å². The Morgan fingerprint density at radius 1 is 1.24 bits per heavy atom. The minimum atomic E-state index is -0.341. The van der Waals surface area contributed by atoms with Crippen LogP contribution in [-0.4, -0.2) is 44.7 Å². The van der Waals surface area contributed by atoms with Crippen LogP contribution in [0.1, 0.15) is 23.6 Å². The maximum absolute atomic E-state index is 12.2. The molecule has 0 saturated carbocycles. The Labute approximate surface area is 169 Å². The van der Waals surface area contributed by atoms with Crippen LogP contribution in [-0.2, 0) is 21.1 Å². The molecule has 3 rings (SSSR count). The maximum atomic E-state index is 12.2. The average molecular weight is 397 g/mol. The first-order valence-electron chi connectivity index (χ1n) is 9.18. The molecule has 1 N–H and O–H groups in total. The third-order valence-electron chi connectivity index (χ3n) is 4.22. The van der Waals surface area contributed by atoms with Crippen LogP contribution in [0.25, 0.3) is 0 Å². The predicted octanol–water partition coefficient (Wildman–Crippen LogP) is 2.50. The summed E-state index contributed by atoms with van der Waals surface area (Å²) in [5.74, 6) is 0.994. The van der Waals surface area contributed by atoms with Gasteiger partial charge in [-0.05, 0) is 24.6 Å². The highest BCUT2D eigenvalue weighted by Gasteiger charge is 2.21. The summed E-state index contributed by atoms with van der Waals surface area (Å²) in [6.07, 6.45) is 0. The number of carbonyl (C=O) groups excluding carboxylic acids is 1. The normalized spacial score (nSPS) is 14.2. The highest BCUT2D eigenvalue weighted by molar-refractivity contribution is 6.45. The van der Waals surface area contributed by atoms with Crippen molar-refractivity contribution in [3.05, 3.63) is 59.2 Å². The van der Waals surface area contributed by atoms with Crippen LogP contribution in [0.5, 0.6) is 11.5 Å². The Morgan fingerprint density at radius 2 is 2.07 bits per heavy atom. The number of rotatable bonds is 8. The van der Waals surface area contributed by atoms with E-state index in [-0.39, 0.29) is 18.2 Å². The fourth-order valence-corrected chi connectivity index (χ4v) is 2.85. The number of benzene rings is 2. The maximum Gasteiger partial charge on any atom is 0.273 e. The van der Waals surface area contributed by atoms with Crippen LogP contribution in [0.4, 0.5) is 0 Å². The van der Waals surface area contributed by atoms with Gasteiger partial charge in [-0.15, -0.1) is 0 Å². The van der Waals surface area contributed by atoms with Crippen molar-refractivity contribution in [2.45, 2.75) is 13.5 Å². The molecule has 0 bridgehead atoms. The second-order valence-electron chi connectivity index (χ2n) is 6.05. The van der Waals surface area contributed by atoms with Gasteiger partial charge in [-0.3, -0.25) is 4.79 Å². The van der Waals surface area contributed by atoms with E-state index in [1.807, 2.05) is 43.3 Å². The van der Waals surface area contributed by atoms with Crippen molar-refractivity contribution in [3.63, 3.8) is 0 Å². The number of hydrogen-bond donors (Lipinski definition) is 1. The van der Waals surface area contributed by atoms with Gasteiger partial charge in [0.05, 0.1) is 0 Å². The summed E-state index contributed by atoms with van der Waals surface area (Å²) in [4.78, 5) is 22.1. The summed E-state index contributed by atoms with van der Waals surface area (Å²) in [5, 5.41) is 10.5. The molecule has 0 spiro atoms. The van der Waals surface area contributed by atoms with Crippen LogP contribution in [0, 0.1) is 0 Å². The van der Waals surface area contributed by atoms with Gasteiger partial charge in [0.25, 0.3) is 5.91 Å². The van der Waals surface area contributed by atoms with Crippen molar-refractivity contribution < 1.29 is 23.9 Å². The first-order chi connectivity index (χ1) is 14.2. The first kappa shape index (κ1) is 20.2. The van der Waals surface area contributed by atoms with Crippen molar-refractivity contribution in [1.82, 2.24) is 5.32 Å². The molecule has 1 amide bonds. The molecule has 0 saturated heterocycles. The van der Waals surface area contributed by atoms with Gasteiger partial charge in [0.1, 0.15) is 44.1 Å². The molecule has 8 nitrogen and oxygen atoms in total. The molecular formula is C21H23N3O5. The van der Waals surface area contributed by atoms with E-state index in [0.29, 0.717) is 30.3 Å². The van der Waals surface area contributed by atoms with E-state index in [0.717, 1.165) is 16.8 Å². The second kappa shape index (κ2) is 9.59. The fourth-order valence-electron chi connectivity index (χ4n) is 2.85. The molecular weight excluding hydrogens is 374 g/mol. The minimum Gasteiger partial charge on any atom is -0.489 e. The lowest BCUT2D eigenvalue weighted by Gasteiger charge is -2.12. The van der Waals surface area contributed by atoms with Crippen molar-refractivity contribution >= 4 is 17.3 Å². The van der Waals surface area contributed by atoms with Gasteiger partial charge in [0.2, 0.25) is 0 Å². The van der Waals surface area contributed by atoms with E-state index >= 15 is 0 Å². The Balaban J connectivity index is 1.78. The smallest absolute Gasteiger partial charge is 0.273 e. The summed E-state index contributed by atoms with van der Waals surface area (Å²) in [7, 11) is 2.94. The summed E-state index contributed by atoms with van der Waals surface area (Å²) in [6.45, 7) is 2.99. The number of amides is 1. The van der Waals surface area contributed by atoms with Gasteiger partial charge in [-0.2, -0.15) is 0 Å². The summed E-state index contributed by atoms with van der Waals surface area (Å²) in [5.41, 5.74) is 3.26. The molecule has 2 aromatic carbocycles. The molecule has 8 heteroatoms. The molecule has 29 heavy (non-hydrogen) atoms. The molecule has 0 unspecified atom stereocenters. The van der Waals surface area contributed by atoms with Crippen molar-refractivity contribution in [3.8, 4) is 11.5 Å². The third kappa shape index (κ3) is 4.66. The number of ether oxygens (including phenoxy) is 2. The monoisotopic (exact) mass is 397 g/mol. The SMILES string of the molecule is CCO/N=C1/COc2cc(OCc3ccccc3/C(=N\OC)C(=O)NC)ccc21. The molecule has 1 aliphatic rings.